The lowest BCUT2D eigenvalue weighted by Crippen LogP contribution is -2.52. The predicted molar refractivity (Wildman–Crippen MR) is 64.1 cm³/mol. The second-order valence-electron chi connectivity index (χ2n) is 5.41. The van der Waals surface area contributed by atoms with E-state index in [1.165, 1.54) is 0 Å². The van der Waals surface area contributed by atoms with Crippen LogP contribution in [0.2, 0.25) is 0 Å². The summed E-state index contributed by atoms with van der Waals surface area (Å²) in [6.07, 6.45) is 2.83. The van der Waals surface area contributed by atoms with Crippen molar-refractivity contribution in [2.75, 3.05) is 19.6 Å². The first-order chi connectivity index (χ1) is 7.40. The SMILES string of the molecule is CCC1(C(=O)NCC(C)(C)O)CCCNC1. The summed E-state index contributed by atoms with van der Waals surface area (Å²) in [5.74, 6) is 0.0734. The third-order valence-electron chi connectivity index (χ3n) is 3.31. The van der Waals surface area contributed by atoms with Gasteiger partial charge in [0.1, 0.15) is 0 Å². The molecule has 0 aromatic rings. The highest BCUT2D eigenvalue weighted by atomic mass is 16.3. The molecule has 1 saturated heterocycles. The van der Waals surface area contributed by atoms with Gasteiger partial charge in [0, 0.05) is 13.1 Å². The average molecular weight is 228 g/mol. The first kappa shape index (κ1) is 13.5. The van der Waals surface area contributed by atoms with Crippen LogP contribution in [-0.2, 0) is 4.79 Å². The maximum atomic E-state index is 12.1. The molecule has 0 radical (unpaired) electrons. The van der Waals surface area contributed by atoms with Gasteiger partial charge in [-0.3, -0.25) is 4.79 Å². The van der Waals surface area contributed by atoms with Gasteiger partial charge in [-0.1, -0.05) is 6.92 Å². The standard InChI is InChI=1S/C12H24N2O2/c1-4-12(6-5-7-13-9-12)10(15)14-8-11(2,3)16/h13,16H,4-9H2,1-3H3,(H,14,15). The van der Waals surface area contributed by atoms with Crippen molar-refractivity contribution < 1.29 is 9.90 Å². The summed E-state index contributed by atoms with van der Waals surface area (Å²) in [7, 11) is 0. The average Bonchev–Trinajstić information content (AvgIpc) is 2.25. The Balaban J connectivity index is 2.55. The molecule has 0 bridgehead atoms. The molecular formula is C12H24N2O2. The first-order valence-corrected chi connectivity index (χ1v) is 6.11. The maximum absolute atomic E-state index is 12.1. The van der Waals surface area contributed by atoms with Crippen molar-refractivity contribution in [1.82, 2.24) is 10.6 Å². The lowest BCUT2D eigenvalue weighted by atomic mass is 9.77. The molecule has 4 nitrogen and oxygen atoms in total. The van der Waals surface area contributed by atoms with E-state index in [9.17, 15) is 9.90 Å². The molecule has 16 heavy (non-hydrogen) atoms. The zero-order chi connectivity index (χ0) is 12.2. The second kappa shape index (κ2) is 5.15. The fourth-order valence-electron chi connectivity index (χ4n) is 2.11. The Morgan fingerprint density at radius 1 is 1.56 bits per heavy atom. The van der Waals surface area contributed by atoms with Crippen LogP contribution in [0.1, 0.15) is 40.0 Å². The highest BCUT2D eigenvalue weighted by Gasteiger charge is 2.37. The number of aliphatic hydroxyl groups is 1. The molecule has 1 rings (SSSR count). The van der Waals surface area contributed by atoms with E-state index in [4.69, 9.17) is 0 Å². The molecule has 3 N–H and O–H groups in total. The van der Waals surface area contributed by atoms with E-state index in [0.717, 1.165) is 32.4 Å². The number of nitrogens with one attached hydrogen (secondary N) is 2. The maximum Gasteiger partial charge on any atom is 0.227 e. The number of piperidine rings is 1. The van der Waals surface area contributed by atoms with Crippen molar-refractivity contribution in [2.24, 2.45) is 5.41 Å². The van der Waals surface area contributed by atoms with E-state index in [1.54, 1.807) is 13.8 Å². The van der Waals surface area contributed by atoms with E-state index in [0.29, 0.717) is 6.54 Å². The van der Waals surface area contributed by atoms with Crippen LogP contribution in [-0.4, -0.2) is 36.2 Å². The second-order valence-corrected chi connectivity index (χ2v) is 5.41. The van der Waals surface area contributed by atoms with Crippen molar-refractivity contribution in [3.8, 4) is 0 Å². The van der Waals surface area contributed by atoms with Crippen LogP contribution < -0.4 is 10.6 Å². The molecule has 1 fully saturated rings. The van der Waals surface area contributed by atoms with Crippen LogP contribution in [0.4, 0.5) is 0 Å². The summed E-state index contributed by atoms with van der Waals surface area (Å²) in [5, 5.41) is 15.7. The van der Waals surface area contributed by atoms with Gasteiger partial charge in [0.25, 0.3) is 0 Å². The number of rotatable bonds is 4. The van der Waals surface area contributed by atoms with Gasteiger partial charge in [0.15, 0.2) is 0 Å². The van der Waals surface area contributed by atoms with Crippen LogP contribution in [0.25, 0.3) is 0 Å². The third kappa shape index (κ3) is 3.46. The van der Waals surface area contributed by atoms with Crippen molar-refractivity contribution >= 4 is 5.91 Å². The van der Waals surface area contributed by atoms with Crippen LogP contribution in [0, 0.1) is 5.41 Å². The Labute approximate surface area is 97.8 Å². The minimum absolute atomic E-state index is 0.0734. The van der Waals surface area contributed by atoms with Crippen molar-refractivity contribution in [3.05, 3.63) is 0 Å². The van der Waals surface area contributed by atoms with Gasteiger partial charge in [-0.05, 0) is 39.7 Å². The summed E-state index contributed by atoms with van der Waals surface area (Å²) in [6, 6.07) is 0. The number of hydrogen-bond acceptors (Lipinski definition) is 3. The molecule has 4 heteroatoms. The summed E-state index contributed by atoms with van der Waals surface area (Å²) in [6.45, 7) is 7.52. The fraction of sp³-hybridized carbons (Fsp3) is 0.917. The van der Waals surface area contributed by atoms with E-state index in [2.05, 4.69) is 17.6 Å². The molecule has 1 heterocycles. The summed E-state index contributed by atoms with van der Waals surface area (Å²) >= 11 is 0. The van der Waals surface area contributed by atoms with Gasteiger partial charge in [0.05, 0.1) is 11.0 Å². The molecule has 0 spiro atoms. The van der Waals surface area contributed by atoms with Crippen LogP contribution in [0.5, 0.6) is 0 Å². The zero-order valence-electron chi connectivity index (χ0n) is 10.6. The Bertz CT molecular complexity index is 240. The Kier molecular flexibility index (Phi) is 4.33. The third-order valence-corrected chi connectivity index (χ3v) is 3.31. The zero-order valence-corrected chi connectivity index (χ0v) is 10.6. The van der Waals surface area contributed by atoms with Gasteiger partial charge in [-0.15, -0.1) is 0 Å². The van der Waals surface area contributed by atoms with Crippen molar-refractivity contribution in [1.29, 1.82) is 0 Å². The van der Waals surface area contributed by atoms with Gasteiger partial charge >= 0.3 is 0 Å². The highest BCUT2D eigenvalue weighted by Crippen LogP contribution is 2.30. The molecule has 94 valence electrons. The Hall–Kier alpha value is -0.610. The molecule has 1 unspecified atom stereocenters. The molecule has 1 amide bonds. The Morgan fingerprint density at radius 2 is 2.25 bits per heavy atom. The van der Waals surface area contributed by atoms with E-state index in [1.807, 2.05) is 0 Å². The molecule has 1 aliphatic rings. The van der Waals surface area contributed by atoms with Gasteiger partial charge in [-0.2, -0.15) is 0 Å². The van der Waals surface area contributed by atoms with E-state index in [-0.39, 0.29) is 11.3 Å². The lowest BCUT2D eigenvalue weighted by Gasteiger charge is -2.36. The molecular weight excluding hydrogens is 204 g/mol. The van der Waals surface area contributed by atoms with Crippen LogP contribution in [0.15, 0.2) is 0 Å². The summed E-state index contributed by atoms with van der Waals surface area (Å²) in [4.78, 5) is 12.1. The molecule has 0 aliphatic carbocycles. The minimum Gasteiger partial charge on any atom is -0.389 e. The summed E-state index contributed by atoms with van der Waals surface area (Å²) in [5.41, 5.74) is -1.11. The Morgan fingerprint density at radius 3 is 2.69 bits per heavy atom. The van der Waals surface area contributed by atoms with Crippen molar-refractivity contribution in [2.45, 2.75) is 45.6 Å². The topological polar surface area (TPSA) is 61.4 Å². The number of carbonyl (C=O) groups is 1. The van der Waals surface area contributed by atoms with Gasteiger partial charge in [0.2, 0.25) is 5.91 Å². The number of carbonyl (C=O) groups excluding carboxylic acids is 1. The van der Waals surface area contributed by atoms with Crippen LogP contribution in [0.3, 0.4) is 0 Å². The smallest absolute Gasteiger partial charge is 0.227 e. The minimum atomic E-state index is -0.841. The van der Waals surface area contributed by atoms with E-state index < -0.39 is 5.60 Å². The predicted octanol–water partition coefficient (Wildman–Crippen LogP) is 0.653. The number of hydrogen-bond donors (Lipinski definition) is 3. The quantitative estimate of drug-likeness (QED) is 0.662. The van der Waals surface area contributed by atoms with E-state index >= 15 is 0 Å². The summed E-state index contributed by atoms with van der Waals surface area (Å²) < 4.78 is 0. The molecule has 0 aromatic carbocycles. The molecule has 1 atom stereocenters. The van der Waals surface area contributed by atoms with Gasteiger partial charge in [-0.25, -0.2) is 0 Å². The highest BCUT2D eigenvalue weighted by molar-refractivity contribution is 5.83. The van der Waals surface area contributed by atoms with Crippen molar-refractivity contribution in [3.63, 3.8) is 0 Å². The van der Waals surface area contributed by atoms with Crippen LogP contribution >= 0.6 is 0 Å². The lowest BCUT2D eigenvalue weighted by molar-refractivity contribution is -0.133. The number of amides is 1. The molecule has 0 saturated carbocycles. The fourth-order valence-corrected chi connectivity index (χ4v) is 2.11. The largest absolute Gasteiger partial charge is 0.389 e. The normalized spacial score (nSPS) is 26.5. The molecule has 1 aliphatic heterocycles. The monoisotopic (exact) mass is 228 g/mol. The first-order valence-electron chi connectivity index (χ1n) is 6.11. The van der Waals surface area contributed by atoms with Gasteiger partial charge < -0.3 is 15.7 Å². The molecule has 0 aromatic heterocycles.